The van der Waals surface area contributed by atoms with Gasteiger partial charge in [0.2, 0.25) is 0 Å². The molecule has 2 rings (SSSR count). The van der Waals surface area contributed by atoms with Gasteiger partial charge in [-0.25, -0.2) is 0 Å². The average molecular weight is 183 g/mol. The van der Waals surface area contributed by atoms with Gasteiger partial charge in [0.05, 0.1) is 5.69 Å². The Labute approximate surface area is 84.4 Å². The van der Waals surface area contributed by atoms with E-state index in [0.717, 1.165) is 12.1 Å². The standard InChI is InChI=1S/C13H13N/c1-2-11-8-9-13(14-10-11)12-6-4-3-5-7-12/h3-10H,2H2,1H3. The molecule has 0 amide bonds. The minimum absolute atomic E-state index is 1.04. The van der Waals surface area contributed by atoms with E-state index in [1.807, 2.05) is 24.4 Å². The highest BCUT2D eigenvalue weighted by Crippen LogP contribution is 2.15. The highest BCUT2D eigenvalue weighted by Gasteiger charge is 1.96. The van der Waals surface area contributed by atoms with Crippen molar-refractivity contribution < 1.29 is 0 Å². The molecule has 0 radical (unpaired) electrons. The highest BCUT2D eigenvalue weighted by molar-refractivity contribution is 5.58. The molecule has 0 aliphatic rings. The van der Waals surface area contributed by atoms with Gasteiger partial charge in [0.15, 0.2) is 0 Å². The predicted octanol–water partition coefficient (Wildman–Crippen LogP) is 3.31. The zero-order chi connectivity index (χ0) is 9.80. The molecule has 1 aromatic heterocycles. The average Bonchev–Trinajstić information content (AvgIpc) is 2.30. The number of rotatable bonds is 2. The molecule has 0 fully saturated rings. The number of aromatic nitrogens is 1. The number of nitrogens with zero attached hydrogens (tertiary/aromatic N) is 1. The maximum Gasteiger partial charge on any atom is 0.0702 e. The first kappa shape index (κ1) is 8.95. The van der Waals surface area contributed by atoms with Crippen LogP contribution in [-0.2, 0) is 6.42 Å². The molecule has 1 heterocycles. The van der Waals surface area contributed by atoms with E-state index in [4.69, 9.17) is 0 Å². The zero-order valence-electron chi connectivity index (χ0n) is 8.27. The Morgan fingerprint density at radius 3 is 2.36 bits per heavy atom. The zero-order valence-corrected chi connectivity index (χ0v) is 8.27. The largest absolute Gasteiger partial charge is 0.256 e. The number of hydrogen-bond donors (Lipinski definition) is 0. The molecule has 1 nitrogen and oxygen atoms in total. The van der Waals surface area contributed by atoms with Crippen molar-refractivity contribution in [3.63, 3.8) is 0 Å². The van der Waals surface area contributed by atoms with Gasteiger partial charge in [-0.1, -0.05) is 43.3 Å². The van der Waals surface area contributed by atoms with Gasteiger partial charge < -0.3 is 0 Å². The van der Waals surface area contributed by atoms with E-state index < -0.39 is 0 Å². The normalized spacial score (nSPS) is 10.1. The molecule has 1 heteroatoms. The molecule has 70 valence electrons. The van der Waals surface area contributed by atoms with E-state index in [1.54, 1.807) is 0 Å². The Bertz CT molecular complexity index is 389. The molecular formula is C13H13N. The molecule has 0 saturated heterocycles. The Hall–Kier alpha value is -1.63. The molecule has 0 bridgehead atoms. The van der Waals surface area contributed by atoms with Crippen LogP contribution < -0.4 is 0 Å². The molecule has 0 aliphatic carbocycles. The molecular weight excluding hydrogens is 170 g/mol. The van der Waals surface area contributed by atoms with Crippen LogP contribution in [-0.4, -0.2) is 4.98 Å². The second-order valence-electron chi connectivity index (χ2n) is 3.27. The van der Waals surface area contributed by atoms with Crippen molar-refractivity contribution in [2.75, 3.05) is 0 Å². The summed E-state index contributed by atoms with van der Waals surface area (Å²) in [4.78, 5) is 4.42. The number of hydrogen-bond acceptors (Lipinski definition) is 1. The lowest BCUT2D eigenvalue weighted by molar-refractivity contribution is 1.11. The Morgan fingerprint density at radius 2 is 1.79 bits per heavy atom. The number of pyridine rings is 1. The maximum atomic E-state index is 4.42. The van der Waals surface area contributed by atoms with E-state index in [0.29, 0.717) is 0 Å². The van der Waals surface area contributed by atoms with Crippen molar-refractivity contribution in [3.05, 3.63) is 54.2 Å². The summed E-state index contributed by atoms with van der Waals surface area (Å²) < 4.78 is 0. The van der Waals surface area contributed by atoms with Gasteiger partial charge in [0.25, 0.3) is 0 Å². The van der Waals surface area contributed by atoms with E-state index in [9.17, 15) is 0 Å². The monoisotopic (exact) mass is 183 g/mol. The van der Waals surface area contributed by atoms with Gasteiger partial charge in [-0.3, -0.25) is 4.98 Å². The van der Waals surface area contributed by atoms with Crippen LogP contribution in [0.1, 0.15) is 12.5 Å². The van der Waals surface area contributed by atoms with Crippen molar-refractivity contribution >= 4 is 0 Å². The molecule has 0 N–H and O–H groups in total. The van der Waals surface area contributed by atoms with Crippen LogP contribution in [0.5, 0.6) is 0 Å². The minimum Gasteiger partial charge on any atom is -0.256 e. The lowest BCUT2D eigenvalue weighted by atomic mass is 10.1. The second kappa shape index (κ2) is 4.05. The third-order valence-electron chi connectivity index (χ3n) is 2.30. The summed E-state index contributed by atoms with van der Waals surface area (Å²) in [6, 6.07) is 14.4. The van der Waals surface area contributed by atoms with Crippen molar-refractivity contribution in [2.24, 2.45) is 0 Å². The summed E-state index contributed by atoms with van der Waals surface area (Å²) in [5.41, 5.74) is 3.50. The maximum absolute atomic E-state index is 4.42. The summed E-state index contributed by atoms with van der Waals surface area (Å²) in [5.74, 6) is 0. The Kier molecular flexibility index (Phi) is 2.59. The van der Waals surface area contributed by atoms with Crippen LogP contribution >= 0.6 is 0 Å². The Morgan fingerprint density at radius 1 is 1.00 bits per heavy atom. The van der Waals surface area contributed by atoms with E-state index in [1.165, 1.54) is 11.1 Å². The number of benzene rings is 1. The van der Waals surface area contributed by atoms with Gasteiger partial charge in [0.1, 0.15) is 0 Å². The molecule has 0 spiro atoms. The van der Waals surface area contributed by atoms with E-state index in [-0.39, 0.29) is 0 Å². The minimum atomic E-state index is 1.04. The summed E-state index contributed by atoms with van der Waals surface area (Å²) in [5, 5.41) is 0. The molecule has 0 saturated carbocycles. The van der Waals surface area contributed by atoms with E-state index in [2.05, 4.69) is 36.2 Å². The van der Waals surface area contributed by atoms with Crippen LogP contribution in [0.15, 0.2) is 48.7 Å². The predicted molar refractivity (Wildman–Crippen MR) is 59.1 cm³/mol. The summed E-state index contributed by atoms with van der Waals surface area (Å²) in [6.07, 6.45) is 2.99. The third kappa shape index (κ3) is 1.82. The molecule has 14 heavy (non-hydrogen) atoms. The van der Waals surface area contributed by atoms with Gasteiger partial charge in [-0.15, -0.1) is 0 Å². The SMILES string of the molecule is CCc1ccc(-c2ccccc2)nc1. The fraction of sp³-hybridized carbons (Fsp3) is 0.154. The smallest absolute Gasteiger partial charge is 0.0702 e. The first-order chi connectivity index (χ1) is 6.90. The fourth-order valence-corrected chi connectivity index (χ4v) is 1.41. The van der Waals surface area contributed by atoms with Crippen LogP contribution in [0.25, 0.3) is 11.3 Å². The lowest BCUT2D eigenvalue weighted by Crippen LogP contribution is -1.85. The Balaban J connectivity index is 2.34. The van der Waals surface area contributed by atoms with E-state index >= 15 is 0 Å². The summed E-state index contributed by atoms with van der Waals surface area (Å²) in [6.45, 7) is 2.14. The van der Waals surface area contributed by atoms with Gasteiger partial charge in [-0.05, 0) is 18.1 Å². The second-order valence-corrected chi connectivity index (χ2v) is 3.27. The molecule has 0 atom stereocenters. The number of aryl methyl sites for hydroxylation is 1. The molecule has 0 unspecified atom stereocenters. The summed E-state index contributed by atoms with van der Waals surface area (Å²) in [7, 11) is 0. The van der Waals surface area contributed by atoms with Crippen LogP contribution in [0, 0.1) is 0 Å². The fourth-order valence-electron chi connectivity index (χ4n) is 1.41. The van der Waals surface area contributed by atoms with Gasteiger partial charge in [0, 0.05) is 11.8 Å². The molecule has 2 aromatic rings. The first-order valence-corrected chi connectivity index (χ1v) is 4.90. The lowest BCUT2D eigenvalue weighted by Gasteiger charge is -2.01. The van der Waals surface area contributed by atoms with Crippen molar-refractivity contribution in [1.82, 2.24) is 4.98 Å². The van der Waals surface area contributed by atoms with Crippen molar-refractivity contribution in [2.45, 2.75) is 13.3 Å². The quantitative estimate of drug-likeness (QED) is 0.696. The molecule has 0 aliphatic heterocycles. The summed E-state index contributed by atoms with van der Waals surface area (Å²) >= 11 is 0. The van der Waals surface area contributed by atoms with Gasteiger partial charge in [-0.2, -0.15) is 0 Å². The molecule has 1 aromatic carbocycles. The highest BCUT2D eigenvalue weighted by atomic mass is 14.7. The van der Waals surface area contributed by atoms with Crippen LogP contribution in [0.2, 0.25) is 0 Å². The van der Waals surface area contributed by atoms with Crippen molar-refractivity contribution in [3.8, 4) is 11.3 Å². The van der Waals surface area contributed by atoms with Crippen molar-refractivity contribution in [1.29, 1.82) is 0 Å². The third-order valence-corrected chi connectivity index (χ3v) is 2.30. The van der Waals surface area contributed by atoms with Crippen LogP contribution in [0.3, 0.4) is 0 Å². The van der Waals surface area contributed by atoms with Crippen LogP contribution in [0.4, 0.5) is 0 Å². The van der Waals surface area contributed by atoms with Gasteiger partial charge >= 0.3 is 0 Å². The topological polar surface area (TPSA) is 12.9 Å². The first-order valence-electron chi connectivity index (χ1n) is 4.90.